The number of aromatic nitrogens is 1. The highest BCUT2D eigenvalue weighted by Gasteiger charge is 2.31. The molecule has 2 N–H and O–H groups in total. The van der Waals surface area contributed by atoms with Crippen molar-refractivity contribution in [2.45, 2.75) is 6.36 Å². The van der Waals surface area contributed by atoms with Crippen molar-refractivity contribution in [3.63, 3.8) is 0 Å². The van der Waals surface area contributed by atoms with Crippen molar-refractivity contribution >= 4 is 5.82 Å². The quantitative estimate of drug-likeness (QED) is 0.882. The van der Waals surface area contributed by atoms with E-state index in [1.54, 1.807) is 6.07 Å². The van der Waals surface area contributed by atoms with Crippen LogP contribution in [0.2, 0.25) is 0 Å². The van der Waals surface area contributed by atoms with Gasteiger partial charge in [0.05, 0.1) is 0 Å². The summed E-state index contributed by atoms with van der Waals surface area (Å²) in [5, 5.41) is 3.44. The summed E-state index contributed by atoms with van der Waals surface area (Å²) in [5.41, 5.74) is 5.74. The Balaban J connectivity index is 2.29. The van der Waals surface area contributed by atoms with Crippen LogP contribution in [0.1, 0.15) is 0 Å². The number of ether oxygens (including phenoxy) is 1. The van der Waals surface area contributed by atoms with Gasteiger partial charge in [0, 0.05) is 11.6 Å². The van der Waals surface area contributed by atoms with Crippen molar-refractivity contribution in [1.29, 1.82) is 0 Å². The second-order valence-electron chi connectivity index (χ2n) is 3.19. The van der Waals surface area contributed by atoms with Gasteiger partial charge in [0.25, 0.3) is 0 Å². The maximum absolute atomic E-state index is 12.0. The van der Waals surface area contributed by atoms with E-state index in [0.29, 0.717) is 5.56 Å². The summed E-state index contributed by atoms with van der Waals surface area (Å²) in [6, 6.07) is 6.76. The minimum Gasteiger partial charge on any atom is -0.406 e. The first-order chi connectivity index (χ1) is 7.94. The van der Waals surface area contributed by atoms with Crippen LogP contribution in [-0.2, 0) is 0 Å². The lowest BCUT2D eigenvalue weighted by molar-refractivity contribution is -0.274. The van der Waals surface area contributed by atoms with E-state index in [-0.39, 0.29) is 17.3 Å². The highest BCUT2D eigenvalue weighted by molar-refractivity contribution is 5.61. The monoisotopic (exact) mass is 244 g/mol. The Morgan fingerprint density at radius 2 is 2.00 bits per heavy atom. The average molecular weight is 244 g/mol. The lowest BCUT2D eigenvalue weighted by Crippen LogP contribution is -2.17. The Kier molecular flexibility index (Phi) is 2.66. The second kappa shape index (κ2) is 4.00. The lowest BCUT2D eigenvalue weighted by atomic mass is 10.1. The Bertz CT molecular complexity index is 522. The zero-order valence-electron chi connectivity index (χ0n) is 8.36. The minimum atomic E-state index is -4.72. The first kappa shape index (κ1) is 11.3. The van der Waals surface area contributed by atoms with E-state index >= 15 is 0 Å². The van der Waals surface area contributed by atoms with Gasteiger partial charge in [0.15, 0.2) is 11.6 Å². The Morgan fingerprint density at radius 3 is 2.59 bits per heavy atom. The third kappa shape index (κ3) is 2.90. The summed E-state index contributed by atoms with van der Waals surface area (Å²) < 4.78 is 44.6. The third-order valence-electron chi connectivity index (χ3n) is 1.88. The fraction of sp³-hybridized carbons (Fsp3) is 0.100. The molecule has 0 saturated heterocycles. The van der Waals surface area contributed by atoms with Crippen molar-refractivity contribution in [2.75, 3.05) is 5.73 Å². The molecule has 4 nitrogen and oxygen atoms in total. The normalized spacial score (nSPS) is 11.5. The molecule has 0 aliphatic carbocycles. The van der Waals surface area contributed by atoms with Crippen LogP contribution in [0.25, 0.3) is 11.3 Å². The van der Waals surface area contributed by atoms with Gasteiger partial charge >= 0.3 is 6.36 Å². The first-order valence-electron chi connectivity index (χ1n) is 4.52. The number of rotatable bonds is 2. The van der Waals surface area contributed by atoms with Crippen LogP contribution in [0.5, 0.6) is 5.75 Å². The number of nitrogens with zero attached hydrogens (tertiary/aromatic N) is 1. The summed E-state index contributed by atoms with van der Waals surface area (Å²) >= 11 is 0. The van der Waals surface area contributed by atoms with Crippen LogP contribution in [0, 0.1) is 0 Å². The SMILES string of the molecule is Nc1cc(-c2cccc(OC(F)(F)F)c2)on1. The van der Waals surface area contributed by atoms with E-state index in [0.717, 1.165) is 0 Å². The summed E-state index contributed by atoms with van der Waals surface area (Å²) in [6.07, 6.45) is -4.72. The molecule has 0 aliphatic heterocycles. The van der Waals surface area contributed by atoms with Gasteiger partial charge in [-0.1, -0.05) is 17.3 Å². The minimum absolute atomic E-state index is 0.155. The Hall–Kier alpha value is -2.18. The van der Waals surface area contributed by atoms with Crippen molar-refractivity contribution in [2.24, 2.45) is 0 Å². The second-order valence-corrected chi connectivity index (χ2v) is 3.19. The summed E-state index contributed by atoms with van der Waals surface area (Å²) in [6.45, 7) is 0. The molecule has 0 fully saturated rings. The molecule has 90 valence electrons. The topological polar surface area (TPSA) is 61.3 Å². The van der Waals surface area contributed by atoms with Gasteiger partial charge < -0.3 is 15.0 Å². The molecule has 0 bridgehead atoms. The highest BCUT2D eigenvalue weighted by atomic mass is 19.4. The summed E-state index contributed by atoms with van der Waals surface area (Å²) in [4.78, 5) is 0. The molecule has 17 heavy (non-hydrogen) atoms. The van der Waals surface area contributed by atoms with Crippen LogP contribution in [0.3, 0.4) is 0 Å². The number of anilines is 1. The molecule has 7 heteroatoms. The van der Waals surface area contributed by atoms with E-state index in [4.69, 9.17) is 10.3 Å². The smallest absolute Gasteiger partial charge is 0.406 e. The Morgan fingerprint density at radius 1 is 1.24 bits per heavy atom. The molecule has 2 aromatic rings. The molecule has 1 heterocycles. The first-order valence-corrected chi connectivity index (χ1v) is 4.52. The average Bonchev–Trinajstić information content (AvgIpc) is 2.63. The molecule has 0 radical (unpaired) electrons. The van der Waals surface area contributed by atoms with Crippen LogP contribution in [-0.4, -0.2) is 11.5 Å². The molecule has 0 saturated carbocycles. The number of benzene rings is 1. The fourth-order valence-corrected chi connectivity index (χ4v) is 1.27. The maximum atomic E-state index is 12.0. The Labute approximate surface area is 93.8 Å². The maximum Gasteiger partial charge on any atom is 0.573 e. The number of nitrogens with two attached hydrogens (primary N) is 1. The molecule has 1 aromatic carbocycles. The van der Waals surface area contributed by atoms with E-state index in [2.05, 4.69) is 9.89 Å². The molecule has 0 atom stereocenters. The zero-order valence-corrected chi connectivity index (χ0v) is 8.36. The number of nitrogen functional groups attached to an aromatic ring is 1. The van der Waals surface area contributed by atoms with Crippen molar-refractivity contribution in [3.8, 4) is 17.1 Å². The number of hydrogen-bond donors (Lipinski definition) is 1. The summed E-state index contributed by atoms with van der Waals surface area (Å²) in [7, 11) is 0. The van der Waals surface area contributed by atoms with E-state index in [9.17, 15) is 13.2 Å². The number of hydrogen-bond acceptors (Lipinski definition) is 4. The molecule has 0 amide bonds. The molecule has 0 aliphatic rings. The third-order valence-corrected chi connectivity index (χ3v) is 1.88. The molecular formula is C10H7F3N2O2. The molecule has 1 aromatic heterocycles. The van der Waals surface area contributed by atoms with Crippen molar-refractivity contribution in [3.05, 3.63) is 30.3 Å². The van der Waals surface area contributed by atoms with Crippen molar-refractivity contribution in [1.82, 2.24) is 5.16 Å². The van der Waals surface area contributed by atoms with Crippen LogP contribution >= 0.6 is 0 Å². The zero-order chi connectivity index (χ0) is 12.5. The van der Waals surface area contributed by atoms with Gasteiger partial charge in [-0.2, -0.15) is 0 Å². The van der Waals surface area contributed by atoms with E-state index in [1.165, 1.54) is 24.3 Å². The van der Waals surface area contributed by atoms with Gasteiger partial charge in [-0.05, 0) is 12.1 Å². The van der Waals surface area contributed by atoms with Gasteiger partial charge in [0.2, 0.25) is 0 Å². The molecule has 0 unspecified atom stereocenters. The van der Waals surface area contributed by atoms with Crippen LogP contribution in [0.15, 0.2) is 34.9 Å². The fourth-order valence-electron chi connectivity index (χ4n) is 1.27. The lowest BCUT2D eigenvalue weighted by Gasteiger charge is -2.08. The highest BCUT2D eigenvalue weighted by Crippen LogP contribution is 2.28. The molecule has 2 rings (SSSR count). The largest absolute Gasteiger partial charge is 0.573 e. The van der Waals surface area contributed by atoms with Crippen molar-refractivity contribution < 1.29 is 22.4 Å². The van der Waals surface area contributed by atoms with E-state index in [1.807, 2.05) is 0 Å². The predicted molar refractivity (Wildman–Crippen MR) is 53.0 cm³/mol. The van der Waals surface area contributed by atoms with E-state index < -0.39 is 6.36 Å². The molecule has 0 spiro atoms. The number of halogens is 3. The van der Waals surface area contributed by atoms with Crippen LogP contribution < -0.4 is 10.5 Å². The predicted octanol–water partition coefficient (Wildman–Crippen LogP) is 2.82. The van der Waals surface area contributed by atoms with Gasteiger partial charge in [-0.3, -0.25) is 0 Å². The van der Waals surface area contributed by atoms with Gasteiger partial charge in [-0.25, -0.2) is 0 Å². The van der Waals surface area contributed by atoms with Crippen LogP contribution in [0.4, 0.5) is 19.0 Å². The standard InChI is InChI=1S/C10H7F3N2O2/c11-10(12,13)16-7-3-1-2-6(4-7)8-5-9(14)15-17-8/h1-5H,(H2,14,15). The molecular weight excluding hydrogens is 237 g/mol. The number of alkyl halides is 3. The van der Waals surface area contributed by atoms with Gasteiger partial charge in [0.1, 0.15) is 5.75 Å². The van der Waals surface area contributed by atoms with Gasteiger partial charge in [-0.15, -0.1) is 13.2 Å². The summed E-state index contributed by atoms with van der Waals surface area (Å²) in [5.74, 6) is 0.0993.